The fourth-order valence-electron chi connectivity index (χ4n) is 4.03. The quantitative estimate of drug-likeness (QED) is 0.361. The molecule has 0 radical (unpaired) electrons. The number of nitrogens with zero attached hydrogens (tertiary/aromatic N) is 5. The molecule has 0 atom stereocenters. The van der Waals surface area contributed by atoms with E-state index in [1.165, 1.54) is 10.8 Å². The van der Waals surface area contributed by atoms with E-state index in [0.717, 1.165) is 15.7 Å². The first-order chi connectivity index (χ1) is 17.4. The standard InChI is InChI=1S/C27H25N5O4/c1-5-35-22-9-7-6-8-19(22)25-29-21(17(3)36-25)15-32-26(33)20-14-28-23(18-12-10-16(2)11-13-18)30-24(20)31(4)27(32)34/h6-14H,5,15H2,1-4H3. The van der Waals surface area contributed by atoms with Gasteiger partial charge in [0.25, 0.3) is 5.56 Å². The molecule has 9 heteroatoms. The second-order valence-corrected chi connectivity index (χ2v) is 8.48. The molecule has 0 amide bonds. The molecule has 36 heavy (non-hydrogen) atoms. The monoisotopic (exact) mass is 483 g/mol. The second-order valence-electron chi connectivity index (χ2n) is 8.48. The zero-order valence-corrected chi connectivity index (χ0v) is 20.5. The van der Waals surface area contributed by atoms with Crippen LogP contribution in [0, 0.1) is 13.8 Å². The van der Waals surface area contributed by atoms with Crippen molar-refractivity contribution < 1.29 is 9.15 Å². The van der Waals surface area contributed by atoms with Gasteiger partial charge in [-0.1, -0.05) is 42.0 Å². The maximum Gasteiger partial charge on any atom is 0.332 e. The van der Waals surface area contributed by atoms with Crippen molar-refractivity contribution >= 4 is 11.0 Å². The van der Waals surface area contributed by atoms with Crippen molar-refractivity contribution in [2.24, 2.45) is 7.05 Å². The van der Waals surface area contributed by atoms with Crippen LogP contribution < -0.4 is 16.0 Å². The van der Waals surface area contributed by atoms with Gasteiger partial charge in [-0.3, -0.25) is 13.9 Å². The number of hydrogen-bond donors (Lipinski definition) is 0. The molecule has 0 aliphatic carbocycles. The largest absolute Gasteiger partial charge is 0.493 e. The molecule has 0 saturated carbocycles. The van der Waals surface area contributed by atoms with Crippen LogP contribution in [-0.2, 0) is 13.6 Å². The first-order valence-electron chi connectivity index (χ1n) is 11.6. The summed E-state index contributed by atoms with van der Waals surface area (Å²) in [7, 11) is 1.59. The minimum atomic E-state index is -0.500. The molecular formula is C27H25N5O4. The summed E-state index contributed by atoms with van der Waals surface area (Å²) in [6.45, 7) is 6.10. The predicted octanol–water partition coefficient (Wildman–Crippen LogP) is 3.88. The van der Waals surface area contributed by atoms with E-state index in [2.05, 4.69) is 15.0 Å². The van der Waals surface area contributed by atoms with Crippen LogP contribution in [0.4, 0.5) is 0 Å². The Hall–Kier alpha value is -4.53. The third kappa shape index (κ3) is 4.08. The molecule has 9 nitrogen and oxygen atoms in total. The van der Waals surface area contributed by atoms with Gasteiger partial charge in [0, 0.05) is 18.8 Å². The van der Waals surface area contributed by atoms with Gasteiger partial charge in [-0.05, 0) is 32.9 Å². The van der Waals surface area contributed by atoms with Gasteiger partial charge < -0.3 is 9.15 Å². The summed E-state index contributed by atoms with van der Waals surface area (Å²) >= 11 is 0. The van der Waals surface area contributed by atoms with E-state index >= 15 is 0 Å². The molecule has 5 aromatic rings. The fraction of sp³-hybridized carbons (Fsp3) is 0.222. The number of para-hydroxylation sites is 1. The van der Waals surface area contributed by atoms with Crippen molar-refractivity contribution in [2.75, 3.05) is 6.61 Å². The molecule has 0 fully saturated rings. The van der Waals surface area contributed by atoms with E-state index in [9.17, 15) is 9.59 Å². The predicted molar refractivity (Wildman–Crippen MR) is 136 cm³/mol. The van der Waals surface area contributed by atoms with Crippen molar-refractivity contribution in [1.82, 2.24) is 24.1 Å². The van der Waals surface area contributed by atoms with Gasteiger partial charge in [-0.15, -0.1) is 0 Å². The first kappa shape index (κ1) is 23.2. The Bertz CT molecular complexity index is 1700. The van der Waals surface area contributed by atoms with Crippen molar-refractivity contribution in [3.8, 4) is 28.6 Å². The van der Waals surface area contributed by atoms with Crippen LogP contribution in [0.5, 0.6) is 5.75 Å². The van der Waals surface area contributed by atoms with E-state index in [1.54, 1.807) is 14.0 Å². The zero-order chi connectivity index (χ0) is 25.4. The minimum absolute atomic E-state index is 0.0483. The normalized spacial score (nSPS) is 11.2. The zero-order valence-electron chi connectivity index (χ0n) is 20.5. The summed E-state index contributed by atoms with van der Waals surface area (Å²) in [5, 5.41) is 0.246. The van der Waals surface area contributed by atoms with Gasteiger partial charge in [-0.25, -0.2) is 19.7 Å². The smallest absolute Gasteiger partial charge is 0.332 e. The third-order valence-electron chi connectivity index (χ3n) is 6.01. The second kappa shape index (κ2) is 9.26. The van der Waals surface area contributed by atoms with E-state index in [-0.39, 0.29) is 17.6 Å². The highest BCUT2D eigenvalue weighted by atomic mass is 16.5. The molecule has 0 bridgehead atoms. The Morgan fingerprint density at radius 1 is 1.00 bits per heavy atom. The highest BCUT2D eigenvalue weighted by Crippen LogP contribution is 2.30. The summed E-state index contributed by atoms with van der Waals surface area (Å²) in [6.07, 6.45) is 1.47. The third-order valence-corrected chi connectivity index (χ3v) is 6.01. The SMILES string of the molecule is CCOc1ccccc1-c1nc(Cn2c(=O)c3cnc(-c4ccc(C)cc4)nc3n(C)c2=O)c(C)o1. The number of rotatable bonds is 6. The van der Waals surface area contributed by atoms with Crippen molar-refractivity contribution in [2.45, 2.75) is 27.3 Å². The molecule has 0 spiro atoms. The van der Waals surface area contributed by atoms with Crippen molar-refractivity contribution in [3.05, 3.63) is 92.6 Å². The summed E-state index contributed by atoms with van der Waals surface area (Å²) in [5.41, 5.74) is 2.38. The van der Waals surface area contributed by atoms with E-state index in [1.807, 2.05) is 62.4 Å². The maximum atomic E-state index is 13.3. The molecule has 0 saturated heterocycles. The van der Waals surface area contributed by atoms with Crippen LogP contribution in [0.25, 0.3) is 33.9 Å². The number of benzene rings is 2. The highest BCUT2D eigenvalue weighted by molar-refractivity contribution is 5.75. The topological polar surface area (TPSA) is 105 Å². The van der Waals surface area contributed by atoms with Gasteiger partial charge in [0.05, 0.1) is 18.7 Å². The summed E-state index contributed by atoms with van der Waals surface area (Å²) in [4.78, 5) is 40.0. The number of ether oxygens (including phenoxy) is 1. The lowest BCUT2D eigenvalue weighted by molar-refractivity contribution is 0.340. The van der Waals surface area contributed by atoms with Crippen LogP contribution in [-0.4, -0.2) is 30.7 Å². The molecule has 0 unspecified atom stereocenters. The Labute approximate surface area is 206 Å². The van der Waals surface area contributed by atoms with Crippen LogP contribution in [0.3, 0.4) is 0 Å². The van der Waals surface area contributed by atoms with Crippen LogP contribution in [0.2, 0.25) is 0 Å². The molecule has 0 N–H and O–H groups in total. The molecule has 2 aromatic carbocycles. The fourth-order valence-corrected chi connectivity index (χ4v) is 4.03. The van der Waals surface area contributed by atoms with Gasteiger partial charge in [0.2, 0.25) is 5.89 Å². The molecule has 182 valence electrons. The lowest BCUT2D eigenvalue weighted by Gasteiger charge is -2.10. The molecule has 0 aliphatic rings. The molecule has 5 rings (SSSR count). The Kier molecular flexibility index (Phi) is 5.97. The molecule has 3 aromatic heterocycles. The van der Waals surface area contributed by atoms with Crippen molar-refractivity contribution in [1.29, 1.82) is 0 Å². The number of aryl methyl sites for hydroxylation is 3. The average Bonchev–Trinajstić information content (AvgIpc) is 3.25. The maximum absolute atomic E-state index is 13.3. The minimum Gasteiger partial charge on any atom is -0.493 e. The van der Waals surface area contributed by atoms with E-state index in [4.69, 9.17) is 9.15 Å². The summed E-state index contributed by atoms with van der Waals surface area (Å²) < 4.78 is 14.1. The van der Waals surface area contributed by atoms with Crippen LogP contribution in [0.1, 0.15) is 23.9 Å². The average molecular weight is 484 g/mol. The first-order valence-corrected chi connectivity index (χ1v) is 11.6. The van der Waals surface area contributed by atoms with Gasteiger partial charge in [0.1, 0.15) is 22.6 Å². The summed E-state index contributed by atoms with van der Waals surface area (Å²) in [6, 6.07) is 15.2. The van der Waals surface area contributed by atoms with Gasteiger partial charge >= 0.3 is 5.69 Å². The Balaban J connectivity index is 1.56. The van der Waals surface area contributed by atoms with Crippen LogP contribution >= 0.6 is 0 Å². The van der Waals surface area contributed by atoms with E-state index in [0.29, 0.717) is 41.1 Å². The number of hydrogen-bond acceptors (Lipinski definition) is 7. The number of fused-ring (bicyclic) bond motifs is 1. The van der Waals surface area contributed by atoms with Gasteiger partial charge in [0.15, 0.2) is 11.5 Å². The number of oxazole rings is 1. The van der Waals surface area contributed by atoms with E-state index < -0.39 is 11.2 Å². The highest BCUT2D eigenvalue weighted by Gasteiger charge is 2.19. The van der Waals surface area contributed by atoms with Crippen LogP contribution in [0.15, 0.2) is 68.7 Å². The molecule has 3 heterocycles. The lowest BCUT2D eigenvalue weighted by Crippen LogP contribution is -2.40. The van der Waals surface area contributed by atoms with Crippen molar-refractivity contribution in [3.63, 3.8) is 0 Å². The number of aromatic nitrogens is 5. The molecular weight excluding hydrogens is 458 g/mol. The lowest BCUT2D eigenvalue weighted by atomic mass is 10.1. The Morgan fingerprint density at radius 3 is 2.50 bits per heavy atom. The molecule has 0 aliphatic heterocycles. The van der Waals surface area contributed by atoms with Gasteiger partial charge in [-0.2, -0.15) is 0 Å². The Morgan fingerprint density at radius 2 is 1.75 bits per heavy atom. The summed E-state index contributed by atoms with van der Waals surface area (Å²) in [5.74, 6) is 1.97.